The Morgan fingerprint density at radius 1 is 0.436 bits per heavy atom. The molecule has 0 fully saturated rings. The maximum Gasteiger partial charge on any atom is 0.305 e. The summed E-state index contributed by atoms with van der Waals surface area (Å²) in [5, 5.41) is 23.1. The van der Waals surface area contributed by atoms with Gasteiger partial charge in [-0.05, 0) is 25.7 Å². The standard InChI is InChI=1S/C49H97NO5/c1-3-5-7-9-11-13-15-17-18-20-22-27-31-35-39-43-49(54)55-44-40-36-32-28-24-23-26-30-34-38-42-48(53)50-46(45-51)47(52)41-37-33-29-25-21-19-16-14-12-10-8-6-4-2/h46-47,51-52H,3-45H2,1-2H3,(H,50,53). The Morgan fingerprint density at radius 2 is 0.745 bits per heavy atom. The predicted octanol–water partition coefficient (Wildman–Crippen LogP) is 14.4. The summed E-state index contributed by atoms with van der Waals surface area (Å²) in [6.45, 7) is 4.91. The van der Waals surface area contributed by atoms with Gasteiger partial charge in [0.25, 0.3) is 0 Å². The van der Waals surface area contributed by atoms with Crippen LogP contribution in [-0.2, 0) is 14.3 Å². The van der Waals surface area contributed by atoms with Crippen LogP contribution in [0.2, 0.25) is 0 Å². The molecule has 0 aliphatic rings. The second-order valence-corrected chi connectivity index (χ2v) is 17.2. The van der Waals surface area contributed by atoms with Crippen LogP contribution in [0.5, 0.6) is 0 Å². The van der Waals surface area contributed by atoms with Crippen LogP contribution in [0.3, 0.4) is 0 Å². The number of hydrogen-bond acceptors (Lipinski definition) is 5. The SMILES string of the molecule is CCCCCCCCCCCCCCCCCC(=O)OCCCCCCCCCCCCC(=O)NC(CO)C(O)CCCCCCCCCCCCCCC. The smallest absolute Gasteiger partial charge is 0.305 e. The highest BCUT2D eigenvalue weighted by Crippen LogP contribution is 2.17. The molecule has 6 heteroatoms. The average Bonchev–Trinajstić information content (AvgIpc) is 3.18. The van der Waals surface area contributed by atoms with Crippen LogP contribution in [0.4, 0.5) is 0 Å². The van der Waals surface area contributed by atoms with Gasteiger partial charge in [0.15, 0.2) is 0 Å². The van der Waals surface area contributed by atoms with Gasteiger partial charge >= 0.3 is 5.97 Å². The Labute approximate surface area is 343 Å². The summed E-state index contributed by atoms with van der Waals surface area (Å²) >= 11 is 0. The van der Waals surface area contributed by atoms with E-state index in [2.05, 4.69) is 19.2 Å². The zero-order chi connectivity index (χ0) is 40.1. The van der Waals surface area contributed by atoms with Crippen molar-refractivity contribution in [3.63, 3.8) is 0 Å². The van der Waals surface area contributed by atoms with Crippen LogP contribution < -0.4 is 5.32 Å². The Bertz CT molecular complexity index is 776. The van der Waals surface area contributed by atoms with E-state index in [1.165, 1.54) is 186 Å². The number of hydrogen-bond donors (Lipinski definition) is 3. The summed E-state index contributed by atoms with van der Waals surface area (Å²) in [6.07, 6.45) is 49.2. The molecule has 0 radical (unpaired) electrons. The third-order valence-electron chi connectivity index (χ3n) is 11.7. The van der Waals surface area contributed by atoms with Crippen LogP contribution in [0.1, 0.15) is 277 Å². The molecule has 1 amide bonds. The van der Waals surface area contributed by atoms with Gasteiger partial charge < -0.3 is 20.3 Å². The topological polar surface area (TPSA) is 95.9 Å². The van der Waals surface area contributed by atoms with Crippen molar-refractivity contribution in [3.05, 3.63) is 0 Å². The molecule has 0 spiro atoms. The first-order valence-electron chi connectivity index (χ1n) is 24.8. The fraction of sp³-hybridized carbons (Fsp3) is 0.959. The van der Waals surface area contributed by atoms with Crippen molar-refractivity contribution in [2.75, 3.05) is 13.2 Å². The van der Waals surface area contributed by atoms with Crippen LogP contribution in [0, 0.1) is 0 Å². The molecule has 0 saturated carbocycles. The van der Waals surface area contributed by atoms with Crippen molar-refractivity contribution >= 4 is 11.9 Å². The number of esters is 1. The molecule has 0 aliphatic carbocycles. The number of rotatable bonds is 46. The number of amides is 1. The maximum atomic E-state index is 12.4. The molecular weight excluding hydrogens is 683 g/mol. The molecule has 2 unspecified atom stereocenters. The van der Waals surface area contributed by atoms with E-state index in [9.17, 15) is 19.8 Å². The van der Waals surface area contributed by atoms with E-state index in [-0.39, 0.29) is 18.5 Å². The number of carbonyl (C=O) groups is 2. The van der Waals surface area contributed by atoms with Crippen molar-refractivity contribution < 1.29 is 24.5 Å². The second kappa shape index (κ2) is 45.6. The molecule has 0 rings (SSSR count). The molecule has 0 aromatic carbocycles. The normalized spacial score (nSPS) is 12.6. The van der Waals surface area contributed by atoms with Gasteiger partial charge in [0.1, 0.15) is 0 Å². The molecular formula is C49H97NO5. The van der Waals surface area contributed by atoms with Gasteiger partial charge in [-0.2, -0.15) is 0 Å². The van der Waals surface area contributed by atoms with Crippen LogP contribution >= 0.6 is 0 Å². The quantitative estimate of drug-likeness (QED) is 0.0422. The van der Waals surface area contributed by atoms with E-state index in [0.717, 1.165) is 57.8 Å². The Morgan fingerprint density at radius 3 is 1.11 bits per heavy atom. The predicted molar refractivity (Wildman–Crippen MR) is 237 cm³/mol. The van der Waals surface area contributed by atoms with E-state index in [1.807, 2.05) is 0 Å². The van der Waals surface area contributed by atoms with Crippen molar-refractivity contribution in [2.24, 2.45) is 0 Å². The number of unbranched alkanes of at least 4 members (excludes halogenated alkanes) is 35. The third-order valence-corrected chi connectivity index (χ3v) is 11.7. The summed E-state index contributed by atoms with van der Waals surface area (Å²) in [4.78, 5) is 24.4. The average molecular weight is 780 g/mol. The molecule has 328 valence electrons. The van der Waals surface area contributed by atoms with E-state index in [1.54, 1.807) is 0 Å². The Hall–Kier alpha value is -1.14. The lowest BCUT2D eigenvalue weighted by Crippen LogP contribution is -2.45. The third kappa shape index (κ3) is 42.3. The number of nitrogens with one attached hydrogen (secondary N) is 1. The molecule has 3 N–H and O–H groups in total. The fourth-order valence-corrected chi connectivity index (χ4v) is 7.82. The van der Waals surface area contributed by atoms with E-state index in [0.29, 0.717) is 25.9 Å². The van der Waals surface area contributed by atoms with Gasteiger partial charge in [-0.25, -0.2) is 0 Å². The number of aliphatic hydroxyl groups is 2. The van der Waals surface area contributed by atoms with Gasteiger partial charge in [-0.15, -0.1) is 0 Å². The molecule has 55 heavy (non-hydrogen) atoms. The van der Waals surface area contributed by atoms with E-state index < -0.39 is 12.1 Å². The summed E-state index contributed by atoms with van der Waals surface area (Å²) in [6, 6.07) is -0.555. The van der Waals surface area contributed by atoms with Gasteiger partial charge in [-0.3, -0.25) is 9.59 Å². The molecule has 0 aromatic heterocycles. The highest BCUT2D eigenvalue weighted by Gasteiger charge is 2.20. The first-order valence-corrected chi connectivity index (χ1v) is 24.8. The molecule has 0 saturated heterocycles. The number of aliphatic hydroxyl groups excluding tert-OH is 2. The summed E-state index contributed by atoms with van der Waals surface area (Å²) in [5.41, 5.74) is 0. The van der Waals surface area contributed by atoms with Gasteiger partial charge in [0.05, 0.1) is 25.4 Å². The fourth-order valence-electron chi connectivity index (χ4n) is 7.82. The maximum absolute atomic E-state index is 12.4. The number of carbonyl (C=O) groups excluding carboxylic acids is 2. The summed E-state index contributed by atoms with van der Waals surface area (Å²) in [7, 11) is 0. The largest absolute Gasteiger partial charge is 0.466 e. The lowest BCUT2D eigenvalue weighted by atomic mass is 10.0. The minimum Gasteiger partial charge on any atom is -0.466 e. The Kier molecular flexibility index (Phi) is 44.6. The molecule has 2 atom stereocenters. The van der Waals surface area contributed by atoms with E-state index in [4.69, 9.17) is 4.74 Å². The van der Waals surface area contributed by atoms with Gasteiger partial charge in [-0.1, -0.05) is 239 Å². The molecule has 0 aromatic rings. The van der Waals surface area contributed by atoms with Crippen molar-refractivity contribution in [2.45, 2.75) is 289 Å². The van der Waals surface area contributed by atoms with Crippen LogP contribution in [0.15, 0.2) is 0 Å². The van der Waals surface area contributed by atoms with Crippen molar-refractivity contribution in [3.8, 4) is 0 Å². The molecule has 0 heterocycles. The van der Waals surface area contributed by atoms with Crippen LogP contribution in [-0.4, -0.2) is 47.4 Å². The van der Waals surface area contributed by atoms with Crippen LogP contribution in [0.25, 0.3) is 0 Å². The van der Waals surface area contributed by atoms with Crippen molar-refractivity contribution in [1.82, 2.24) is 5.32 Å². The zero-order valence-electron chi connectivity index (χ0n) is 37.2. The minimum atomic E-state index is -0.676. The van der Waals surface area contributed by atoms with Gasteiger partial charge in [0.2, 0.25) is 5.91 Å². The van der Waals surface area contributed by atoms with E-state index >= 15 is 0 Å². The first-order chi connectivity index (χ1) is 27.0. The first kappa shape index (κ1) is 53.9. The highest BCUT2D eigenvalue weighted by molar-refractivity contribution is 5.76. The monoisotopic (exact) mass is 780 g/mol. The summed E-state index contributed by atoms with van der Waals surface area (Å²) < 4.78 is 5.46. The molecule has 0 bridgehead atoms. The molecule has 0 aliphatic heterocycles. The minimum absolute atomic E-state index is 0.0156. The Balaban J connectivity index is 3.45. The van der Waals surface area contributed by atoms with Gasteiger partial charge in [0, 0.05) is 12.8 Å². The second-order valence-electron chi connectivity index (χ2n) is 17.2. The van der Waals surface area contributed by atoms with Crippen molar-refractivity contribution in [1.29, 1.82) is 0 Å². The molecule has 6 nitrogen and oxygen atoms in total. The zero-order valence-corrected chi connectivity index (χ0v) is 37.2. The lowest BCUT2D eigenvalue weighted by Gasteiger charge is -2.22. The highest BCUT2D eigenvalue weighted by atomic mass is 16.5. The summed E-state index contributed by atoms with van der Waals surface area (Å²) in [5.74, 6) is -0.0719. The number of ether oxygens (including phenoxy) is 1. The lowest BCUT2D eigenvalue weighted by molar-refractivity contribution is -0.143.